The zero-order valence-electron chi connectivity index (χ0n) is 14.5. The standard InChI is InChI=1S/C19H15ClFNO3S2/c1-3-25-16-8-11(4-7-15(16)24-2)9-17-18(23)22(19(26)27-17)12-5-6-14(21)13(20)10-12/h4-10H,3H2,1-2H3/b17-9+. The van der Waals surface area contributed by atoms with Gasteiger partial charge in [-0.1, -0.05) is 41.6 Å². The summed E-state index contributed by atoms with van der Waals surface area (Å²) >= 11 is 12.3. The normalized spacial score (nSPS) is 15.6. The van der Waals surface area contributed by atoms with E-state index in [9.17, 15) is 9.18 Å². The van der Waals surface area contributed by atoms with Crippen molar-refractivity contribution in [3.63, 3.8) is 0 Å². The van der Waals surface area contributed by atoms with Crippen LogP contribution in [0.15, 0.2) is 41.3 Å². The average Bonchev–Trinajstić information content (AvgIpc) is 2.91. The molecule has 0 saturated carbocycles. The first kappa shape index (κ1) is 19.7. The lowest BCUT2D eigenvalue weighted by molar-refractivity contribution is -0.113. The highest BCUT2D eigenvalue weighted by Gasteiger charge is 2.33. The van der Waals surface area contributed by atoms with E-state index in [4.69, 9.17) is 33.3 Å². The van der Waals surface area contributed by atoms with Gasteiger partial charge in [0.05, 0.1) is 29.3 Å². The molecule has 1 aliphatic heterocycles. The van der Waals surface area contributed by atoms with Crippen LogP contribution >= 0.6 is 35.6 Å². The van der Waals surface area contributed by atoms with Gasteiger partial charge in [0.1, 0.15) is 5.82 Å². The molecule has 27 heavy (non-hydrogen) atoms. The topological polar surface area (TPSA) is 38.8 Å². The second-order valence-corrected chi connectivity index (χ2v) is 7.54. The molecule has 4 nitrogen and oxygen atoms in total. The molecule has 0 radical (unpaired) electrons. The molecule has 8 heteroatoms. The number of halogens is 2. The molecule has 2 aromatic carbocycles. The first-order chi connectivity index (χ1) is 12.9. The maximum absolute atomic E-state index is 13.4. The molecule has 3 rings (SSSR count). The quantitative estimate of drug-likeness (QED) is 0.482. The molecule has 0 aromatic heterocycles. The molecule has 2 aromatic rings. The number of carbonyl (C=O) groups excluding carboxylic acids is 1. The Balaban J connectivity index is 1.92. The van der Waals surface area contributed by atoms with Gasteiger partial charge in [-0.3, -0.25) is 9.69 Å². The number of anilines is 1. The molecular weight excluding hydrogens is 409 g/mol. The highest BCUT2D eigenvalue weighted by molar-refractivity contribution is 8.27. The zero-order valence-corrected chi connectivity index (χ0v) is 16.9. The van der Waals surface area contributed by atoms with Crippen molar-refractivity contribution in [2.45, 2.75) is 6.92 Å². The lowest BCUT2D eigenvalue weighted by Gasteiger charge is -2.14. The Morgan fingerprint density at radius 3 is 2.70 bits per heavy atom. The van der Waals surface area contributed by atoms with E-state index in [1.54, 1.807) is 25.3 Å². The van der Waals surface area contributed by atoms with Crippen molar-refractivity contribution in [2.24, 2.45) is 0 Å². The summed E-state index contributed by atoms with van der Waals surface area (Å²) in [5.74, 6) is 0.363. The third-order valence-corrected chi connectivity index (χ3v) is 5.33. The van der Waals surface area contributed by atoms with Crippen LogP contribution in [0.1, 0.15) is 12.5 Å². The van der Waals surface area contributed by atoms with Crippen molar-refractivity contribution in [1.82, 2.24) is 0 Å². The van der Waals surface area contributed by atoms with E-state index >= 15 is 0 Å². The van der Waals surface area contributed by atoms with E-state index in [1.165, 1.54) is 34.9 Å². The maximum Gasteiger partial charge on any atom is 0.270 e. The van der Waals surface area contributed by atoms with Gasteiger partial charge in [-0.25, -0.2) is 4.39 Å². The van der Waals surface area contributed by atoms with E-state index in [-0.39, 0.29) is 10.9 Å². The summed E-state index contributed by atoms with van der Waals surface area (Å²) < 4.78 is 24.6. The number of thioether (sulfide) groups is 1. The summed E-state index contributed by atoms with van der Waals surface area (Å²) in [6.07, 6.45) is 1.73. The van der Waals surface area contributed by atoms with Gasteiger partial charge >= 0.3 is 0 Å². The number of nitrogens with zero attached hydrogens (tertiary/aromatic N) is 1. The fourth-order valence-electron chi connectivity index (χ4n) is 2.52. The van der Waals surface area contributed by atoms with Crippen LogP contribution in [-0.4, -0.2) is 23.9 Å². The fraction of sp³-hybridized carbons (Fsp3) is 0.158. The second-order valence-electron chi connectivity index (χ2n) is 5.46. The molecule has 1 saturated heterocycles. The summed E-state index contributed by atoms with van der Waals surface area (Å²) in [6, 6.07) is 9.45. The van der Waals surface area contributed by atoms with Crippen LogP contribution in [0.4, 0.5) is 10.1 Å². The SMILES string of the molecule is CCOc1cc(/C=C2/SC(=S)N(c3ccc(F)c(Cl)c3)C2=O)ccc1OC. The molecule has 1 fully saturated rings. The number of ether oxygens (including phenoxy) is 2. The number of thiocarbonyl (C=S) groups is 1. The number of amides is 1. The van der Waals surface area contributed by atoms with Gasteiger partial charge < -0.3 is 9.47 Å². The van der Waals surface area contributed by atoms with Gasteiger partial charge in [0.15, 0.2) is 15.8 Å². The average molecular weight is 424 g/mol. The van der Waals surface area contributed by atoms with E-state index in [0.29, 0.717) is 33.0 Å². The Kier molecular flexibility index (Phi) is 6.04. The summed E-state index contributed by atoms with van der Waals surface area (Å²) in [5, 5.41) is -0.0676. The molecule has 0 atom stereocenters. The minimum Gasteiger partial charge on any atom is -0.493 e. The third-order valence-electron chi connectivity index (χ3n) is 3.74. The van der Waals surface area contributed by atoms with Crippen molar-refractivity contribution in [1.29, 1.82) is 0 Å². The molecule has 1 amide bonds. The van der Waals surface area contributed by atoms with Gasteiger partial charge in [-0.15, -0.1) is 0 Å². The van der Waals surface area contributed by atoms with Crippen LogP contribution in [0.25, 0.3) is 6.08 Å². The van der Waals surface area contributed by atoms with E-state index in [2.05, 4.69) is 0 Å². The van der Waals surface area contributed by atoms with E-state index in [1.807, 2.05) is 13.0 Å². The highest BCUT2D eigenvalue weighted by atomic mass is 35.5. The Bertz CT molecular complexity index is 949. The van der Waals surface area contributed by atoms with Gasteiger partial charge in [-0.05, 0) is 48.9 Å². The van der Waals surface area contributed by atoms with Gasteiger partial charge in [0.2, 0.25) is 0 Å². The minimum absolute atomic E-state index is 0.0676. The largest absolute Gasteiger partial charge is 0.493 e. The predicted molar refractivity (Wildman–Crippen MR) is 111 cm³/mol. The van der Waals surface area contributed by atoms with E-state index < -0.39 is 5.82 Å². The van der Waals surface area contributed by atoms with Crippen LogP contribution in [0, 0.1) is 5.82 Å². The lowest BCUT2D eigenvalue weighted by Crippen LogP contribution is -2.27. The molecule has 140 valence electrons. The van der Waals surface area contributed by atoms with Crippen molar-refractivity contribution in [3.8, 4) is 11.5 Å². The monoisotopic (exact) mass is 423 g/mol. The highest BCUT2D eigenvalue weighted by Crippen LogP contribution is 2.38. The van der Waals surface area contributed by atoms with Crippen LogP contribution in [-0.2, 0) is 4.79 Å². The fourth-order valence-corrected chi connectivity index (χ4v) is 3.99. The molecule has 1 aliphatic rings. The van der Waals surface area contributed by atoms with Crippen LogP contribution in [0.5, 0.6) is 11.5 Å². The summed E-state index contributed by atoms with van der Waals surface area (Å²) in [6.45, 7) is 2.37. The molecule has 0 spiro atoms. The molecule has 0 bridgehead atoms. The lowest BCUT2D eigenvalue weighted by atomic mass is 10.2. The number of rotatable bonds is 5. The Hall–Kier alpha value is -2.09. The molecular formula is C19H15ClFNO3S2. The van der Waals surface area contributed by atoms with Crippen molar-refractivity contribution in [3.05, 3.63) is 57.7 Å². The smallest absolute Gasteiger partial charge is 0.270 e. The number of benzene rings is 2. The molecule has 0 aliphatic carbocycles. The molecule has 0 N–H and O–H groups in total. The Morgan fingerprint density at radius 2 is 2.04 bits per heavy atom. The number of hydrogen-bond donors (Lipinski definition) is 0. The van der Waals surface area contributed by atoms with Crippen LogP contribution in [0.2, 0.25) is 5.02 Å². The van der Waals surface area contributed by atoms with Crippen molar-refractivity contribution < 1.29 is 18.7 Å². The summed E-state index contributed by atoms with van der Waals surface area (Å²) in [5.41, 5.74) is 1.20. The zero-order chi connectivity index (χ0) is 19.6. The Labute approximate surface area is 170 Å². The number of methoxy groups -OCH3 is 1. The third kappa shape index (κ3) is 4.10. The Morgan fingerprint density at radius 1 is 1.26 bits per heavy atom. The number of carbonyl (C=O) groups is 1. The van der Waals surface area contributed by atoms with Gasteiger partial charge in [0.25, 0.3) is 5.91 Å². The molecule has 0 unspecified atom stereocenters. The van der Waals surface area contributed by atoms with Crippen LogP contribution in [0.3, 0.4) is 0 Å². The first-order valence-corrected chi connectivity index (χ1v) is 9.58. The predicted octanol–water partition coefficient (Wildman–Crippen LogP) is 5.29. The van der Waals surface area contributed by atoms with Crippen molar-refractivity contribution in [2.75, 3.05) is 18.6 Å². The van der Waals surface area contributed by atoms with Gasteiger partial charge in [0, 0.05) is 0 Å². The second kappa shape index (κ2) is 8.29. The minimum atomic E-state index is -0.553. The summed E-state index contributed by atoms with van der Waals surface area (Å²) in [4.78, 5) is 14.6. The van der Waals surface area contributed by atoms with Crippen LogP contribution < -0.4 is 14.4 Å². The van der Waals surface area contributed by atoms with Gasteiger partial charge in [-0.2, -0.15) is 0 Å². The van der Waals surface area contributed by atoms with Crippen molar-refractivity contribution >= 4 is 57.6 Å². The molecule has 1 heterocycles. The summed E-state index contributed by atoms with van der Waals surface area (Å²) in [7, 11) is 1.57. The number of hydrogen-bond acceptors (Lipinski definition) is 5. The van der Waals surface area contributed by atoms with E-state index in [0.717, 1.165) is 5.56 Å². The maximum atomic E-state index is 13.4. The first-order valence-electron chi connectivity index (χ1n) is 7.98.